The zero-order valence-corrected chi connectivity index (χ0v) is 9.87. The smallest absolute Gasteiger partial charge is 0.328 e. The van der Waals surface area contributed by atoms with Crippen LogP contribution < -0.4 is 5.32 Å². The molecule has 0 radical (unpaired) electrons. The summed E-state index contributed by atoms with van der Waals surface area (Å²) < 4.78 is 13.6. The molecule has 0 aliphatic carbocycles. The maximum absolute atomic E-state index is 13.6. The van der Waals surface area contributed by atoms with Crippen molar-refractivity contribution in [1.29, 1.82) is 0 Å². The summed E-state index contributed by atoms with van der Waals surface area (Å²) in [5.74, 6) is -2.55. The van der Waals surface area contributed by atoms with Gasteiger partial charge >= 0.3 is 5.97 Å². The first-order chi connectivity index (χ1) is 7.75. The first-order valence-electron chi connectivity index (χ1n) is 5.06. The predicted molar refractivity (Wildman–Crippen MR) is 60.3 cm³/mol. The van der Waals surface area contributed by atoms with Crippen LogP contribution in [0, 0.1) is 12.7 Å². The van der Waals surface area contributed by atoms with E-state index in [1.54, 1.807) is 6.07 Å². The number of hydrogen-bond donors (Lipinski definition) is 2. The lowest BCUT2D eigenvalue weighted by Gasteiger charge is -2.21. The van der Waals surface area contributed by atoms with E-state index in [9.17, 15) is 14.0 Å². The Morgan fingerprint density at radius 3 is 2.47 bits per heavy atom. The quantitative estimate of drug-likeness (QED) is 0.844. The SMILES string of the molecule is Cc1cccc(C(=O)NC(C)(C)C(=O)O)c1F. The molecule has 1 rings (SSSR count). The zero-order chi connectivity index (χ0) is 13.2. The van der Waals surface area contributed by atoms with Crippen LogP contribution in [0.25, 0.3) is 0 Å². The topological polar surface area (TPSA) is 66.4 Å². The molecule has 0 spiro atoms. The van der Waals surface area contributed by atoms with Gasteiger partial charge in [0.25, 0.3) is 5.91 Å². The van der Waals surface area contributed by atoms with Gasteiger partial charge in [0, 0.05) is 0 Å². The number of nitrogens with one attached hydrogen (secondary N) is 1. The summed E-state index contributed by atoms with van der Waals surface area (Å²) >= 11 is 0. The largest absolute Gasteiger partial charge is 0.480 e. The molecule has 0 fully saturated rings. The summed E-state index contributed by atoms with van der Waals surface area (Å²) in [7, 11) is 0. The van der Waals surface area contributed by atoms with Gasteiger partial charge < -0.3 is 10.4 Å². The Balaban J connectivity index is 2.99. The van der Waals surface area contributed by atoms with E-state index >= 15 is 0 Å². The average molecular weight is 239 g/mol. The highest BCUT2D eigenvalue weighted by molar-refractivity contribution is 5.97. The number of amides is 1. The average Bonchev–Trinajstić information content (AvgIpc) is 2.21. The second-order valence-corrected chi connectivity index (χ2v) is 4.32. The highest BCUT2D eigenvalue weighted by atomic mass is 19.1. The second kappa shape index (κ2) is 4.53. The van der Waals surface area contributed by atoms with Gasteiger partial charge in [-0.2, -0.15) is 0 Å². The van der Waals surface area contributed by atoms with E-state index in [1.807, 2.05) is 0 Å². The number of carbonyl (C=O) groups excluding carboxylic acids is 1. The van der Waals surface area contributed by atoms with E-state index in [4.69, 9.17) is 5.11 Å². The van der Waals surface area contributed by atoms with Gasteiger partial charge in [0.2, 0.25) is 0 Å². The first-order valence-corrected chi connectivity index (χ1v) is 5.06. The predicted octanol–water partition coefficient (Wildman–Crippen LogP) is 1.73. The van der Waals surface area contributed by atoms with Crippen molar-refractivity contribution < 1.29 is 19.1 Å². The molecule has 0 bridgehead atoms. The Hall–Kier alpha value is -1.91. The number of hydrogen-bond acceptors (Lipinski definition) is 2. The van der Waals surface area contributed by atoms with Gasteiger partial charge in [-0.3, -0.25) is 4.79 Å². The molecule has 0 heterocycles. The highest BCUT2D eigenvalue weighted by Crippen LogP contribution is 2.13. The van der Waals surface area contributed by atoms with Crippen molar-refractivity contribution in [1.82, 2.24) is 5.32 Å². The summed E-state index contributed by atoms with van der Waals surface area (Å²) in [6.45, 7) is 4.20. The van der Waals surface area contributed by atoms with Gasteiger partial charge in [-0.1, -0.05) is 12.1 Å². The van der Waals surface area contributed by atoms with Crippen LogP contribution >= 0.6 is 0 Å². The molecule has 5 heteroatoms. The summed E-state index contributed by atoms with van der Waals surface area (Å²) in [6.07, 6.45) is 0. The van der Waals surface area contributed by atoms with E-state index in [1.165, 1.54) is 32.9 Å². The molecule has 4 nitrogen and oxygen atoms in total. The van der Waals surface area contributed by atoms with Gasteiger partial charge in [0.1, 0.15) is 11.4 Å². The minimum absolute atomic E-state index is 0.153. The molecule has 0 saturated heterocycles. The molecule has 0 atom stereocenters. The highest BCUT2D eigenvalue weighted by Gasteiger charge is 2.30. The Morgan fingerprint density at radius 2 is 1.94 bits per heavy atom. The van der Waals surface area contributed by atoms with Crippen LogP contribution in [0.5, 0.6) is 0 Å². The third kappa shape index (κ3) is 2.81. The maximum Gasteiger partial charge on any atom is 0.328 e. The monoisotopic (exact) mass is 239 g/mol. The molecule has 17 heavy (non-hydrogen) atoms. The fourth-order valence-electron chi connectivity index (χ4n) is 1.23. The van der Waals surface area contributed by atoms with Crippen molar-refractivity contribution in [3.63, 3.8) is 0 Å². The molecule has 1 amide bonds. The summed E-state index contributed by atoms with van der Waals surface area (Å²) in [4.78, 5) is 22.6. The van der Waals surface area contributed by atoms with Crippen molar-refractivity contribution in [2.24, 2.45) is 0 Å². The van der Waals surface area contributed by atoms with Gasteiger partial charge in [0.05, 0.1) is 5.56 Å². The number of aliphatic carboxylic acids is 1. The number of aryl methyl sites for hydroxylation is 1. The first kappa shape index (κ1) is 13.2. The fraction of sp³-hybridized carbons (Fsp3) is 0.333. The van der Waals surface area contributed by atoms with Crippen molar-refractivity contribution in [2.75, 3.05) is 0 Å². The van der Waals surface area contributed by atoms with Gasteiger partial charge in [-0.15, -0.1) is 0 Å². The molecule has 0 saturated carbocycles. The molecular formula is C12H14FNO3. The number of rotatable bonds is 3. The van der Waals surface area contributed by atoms with Crippen molar-refractivity contribution >= 4 is 11.9 Å². The summed E-state index contributed by atoms with van der Waals surface area (Å²) in [5.41, 5.74) is -1.25. The third-order valence-corrected chi connectivity index (χ3v) is 2.40. The van der Waals surface area contributed by atoms with Crippen LogP contribution in [-0.2, 0) is 4.79 Å². The van der Waals surface area contributed by atoms with Crippen LogP contribution in [0.1, 0.15) is 29.8 Å². The number of carbonyl (C=O) groups is 2. The number of benzene rings is 1. The van der Waals surface area contributed by atoms with Crippen molar-refractivity contribution in [3.05, 3.63) is 35.1 Å². The molecule has 92 valence electrons. The second-order valence-electron chi connectivity index (χ2n) is 4.32. The van der Waals surface area contributed by atoms with E-state index in [0.717, 1.165) is 0 Å². The van der Waals surface area contributed by atoms with Crippen LogP contribution in [0.2, 0.25) is 0 Å². The molecule has 1 aromatic carbocycles. The maximum atomic E-state index is 13.6. The van der Waals surface area contributed by atoms with Crippen molar-refractivity contribution in [3.8, 4) is 0 Å². The molecule has 0 aliphatic heterocycles. The summed E-state index contributed by atoms with van der Waals surface area (Å²) in [5, 5.41) is 11.1. The number of halogens is 1. The van der Waals surface area contributed by atoms with E-state index < -0.39 is 23.2 Å². The Morgan fingerprint density at radius 1 is 1.35 bits per heavy atom. The number of carboxylic acid groups (broad SMARTS) is 1. The van der Waals surface area contributed by atoms with E-state index in [-0.39, 0.29) is 5.56 Å². The van der Waals surface area contributed by atoms with Crippen LogP contribution in [0.3, 0.4) is 0 Å². The van der Waals surface area contributed by atoms with Crippen LogP contribution in [0.15, 0.2) is 18.2 Å². The minimum Gasteiger partial charge on any atom is -0.480 e. The molecule has 0 aromatic heterocycles. The van der Waals surface area contributed by atoms with Crippen molar-refractivity contribution in [2.45, 2.75) is 26.3 Å². The van der Waals surface area contributed by atoms with Crippen LogP contribution in [-0.4, -0.2) is 22.5 Å². The molecule has 1 aromatic rings. The Bertz CT molecular complexity index is 469. The zero-order valence-electron chi connectivity index (χ0n) is 9.87. The van der Waals surface area contributed by atoms with Gasteiger partial charge in [0.15, 0.2) is 0 Å². The fourth-order valence-corrected chi connectivity index (χ4v) is 1.23. The van der Waals surface area contributed by atoms with Gasteiger partial charge in [-0.05, 0) is 32.4 Å². The molecule has 0 unspecified atom stereocenters. The van der Waals surface area contributed by atoms with Gasteiger partial charge in [-0.25, -0.2) is 9.18 Å². The molecule has 0 aliphatic rings. The normalized spacial score (nSPS) is 11.1. The lowest BCUT2D eigenvalue weighted by Crippen LogP contribution is -2.49. The summed E-state index contributed by atoms with van der Waals surface area (Å²) in [6, 6.07) is 4.39. The third-order valence-electron chi connectivity index (χ3n) is 2.40. The van der Waals surface area contributed by atoms with E-state index in [2.05, 4.69) is 5.32 Å². The lowest BCUT2D eigenvalue weighted by molar-refractivity contribution is -0.143. The Kier molecular flexibility index (Phi) is 3.50. The molecular weight excluding hydrogens is 225 g/mol. The Labute approximate surface area is 98.5 Å². The standard InChI is InChI=1S/C12H14FNO3/c1-7-5-4-6-8(9(7)13)10(15)14-12(2,3)11(16)17/h4-6H,1-3H3,(H,14,15)(H,16,17). The van der Waals surface area contributed by atoms with Crippen LogP contribution in [0.4, 0.5) is 4.39 Å². The number of carboxylic acids is 1. The minimum atomic E-state index is -1.44. The lowest BCUT2D eigenvalue weighted by atomic mass is 10.0. The van der Waals surface area contributed by atoms with E-state index in [0.29, 0.717) is 5.56 Å². The molecule has 2 N–H and O–H groups in total.